The summed E-state index contributed by atoms with van der Waals surface area (Å²) in [5.41, 5.74) is 17.5. The molecule has 292 valence electrons. The van der Waals surface area contributed by atoms with Crippen molar-refractivity contribution in [1.82, 2.24) is 19.5 Å². The van der Waals surface area contributed by atoms with Crippen molar-refractivity contribution in [2.75, 3.05) is 0 Å². The molecule has 0 amide bonds. The van der Waals surface area contributed by atoms with Crippen LogP contribution in [0.2, 0.25) is 0 Å². The first-order valence-electron chi connectivity index (χ1n) is 21.5. The van der Waals surface area contributed by atoms with E-state index >= 15 is 0 Å². The van der Waals surface area contributed by atoms with E-state index in [1.54, 1.807) is 0 Å². The van der Waals surface area contributed by atoms with E-state index in [1.807, 2.05) is 72.8 Å². The molecule has 3 aromatic heterocycles. The molecule has 5 heteroatoms. The molecule has 0 atom stereocenters. The zero-order valence-electron chi connectivity index (χ0n) is 33.8. The predicted octanol–water partition coefficient (Wildman–Crippen LogP) is 14.2. The maximum atomic E-state index is 7.01. The van der Waals surface area contributed by atoms with Gasteiger partial charge in [0.05, 0.1) is 22.1 Å². The highest BCUT2D eigenvalue weighted by Gasteiger charge is 2.52. The van der Waals surface area contributed by atoms with Gasteiger partial charge >= 0.3 is 0 Å². The zero-order chi connectivity index (χ0) is 41.2. The van der Waals surface area contributed by atoms with Crippen LogP contribution in [0.25, 0.3) is 106 Å². The fourth-order valence-electron chi connectivity index (χ4n) is 11.0. The van der Waals surface area contributed by atoms with Crippen LogP contribution in [0.15, 0.2) is 211 Å². The largest absolute Gasteiger partial charge is 0.454 e. The van der Waals surface area contributed by atoms with Crippen LogP contribution < -0.4 is 0 Å². The van der Waals surface area contributed by atoms with Gasteiger partial charge in [0.1, 0.15) is 5.58 Å². The van der Waals surface area contributed by atoms with Gasteiger partial charge in [0, 0.05) is 38.2 Å². The summed E-state index contributed by atoms with van der Waals surface area (Å²) in [7, 11) is 0. The van der Waals surface area contributed by atoms with Gasteiger partial charge in [-0.2, -0.15) is 0 Å². The van der Waals surface area contributed by atoms with Crippen LogP contribution in [0.1, 0.15) is 22.3 Å². The van der Waals surface area contributed by atoms with Crippen molar-refractivity contribution in [3.63, 3.8) is 0 Å². The summed E-state index contributed by atoms with van der Waals surface area (Å²) in [4.78, 5) is 15.4. The van der Waals surface area contributed by atoms with E-state index in [2.05, 4.69) is 138 Å². The first-order chi connectivity index (χ1) is 31.3. The number of aromatic nitrogens is 4. The van der Waals surface area contributed by atoms with Gasteiger partial charge in [-0.25, -0.2) is 15.0 Å². The van der Waals surface area contributed by atoms with E-state index in [-0.39, 0.29) is 0 Å². The molecule has 9 aromatic carbocycles. The van der Waals surface area contributed by atoms with E-state index in [4.69, 9.17) is 19.4 Å². The quantitative estimate of drug-likeness (QED) is 0.178. The summed E-state index contributed by atoms with van der Waals surface area (Å²) >= 11 is 0. The summed E-state index contributed by atoms with van der Waals surface area (Å²) in [6.07, 6.45) is 0. The Morgan fingerprint density at radius 1 is 0.365 bits per heavy atom. The SMILES string of the molecule is c1ccc(-c2nc(-c3ccccc3)nc(-c3ccc(-n4c5ccccc5c5c6c(ccc54)C4(c5ccccc5-c5ccccc54)c4ccccc4-6)c4oc5ccccc5c34)n2)cc1. The molecule has 0 bridgehead atoms. The highest BCUT2D eigenvalue weighted by atomic mass is 16.3. The van der Waals surface area contributed by atoms with Crippen molar-refractivity contribution in [3.05, 3.63) is 229 Å². The Kier molecular flexibility index (Phi) is 6.97. The van der Waals surface area contributed by atoms with Crippen LogP contribution in [-0.2, 0) is 5.41 Å². The van der Waals surface area contributed by atoms with Crippen LogP contribution in [0, 0.1) is 0 Å². The second kappa shape index (κ2) is 12.8. The van der Waals surface area contributed by atoms with Crippen LogP contribution in [-0.4, -0.2) is 19.5 Å². The third kappa shape index (κ3) is 4.57. The van der Waals surface area contributed by atoms with Crippen molar-refractivity contribution < 1.29 is 4.42 Å². The Morgan fingerprint density at radius 2 is 0.905 bits per heavy atom. The van der Waals surface area contributed by atoms with E-state index in [1.165, 1.54) is 55.3 Å². The van der Waals surface area contributed by atoms with Gasteiger partial charge in [-0.05, 0) is 74.8 Å². The summed E-state index contributed by atoms with van der Waals surface area (Å²) in [5, 5.41) is 4.40. The number of nitrogens with zero attached hydrogens (tertiary/aromatic N) is 4. The lowest BCUT2D eigenvalue weighted by atomic mass is 9.70. The van der Waals surface area contributed by atoms with Gasteiger partial charge in [0.2, 0.25) is 0 Å². The Labute approximate surface area is 362 Å². The molecule has 2 aliphatic carbocycles. The molecule has 0 saturated heterocycles. The van der Waals surface area contributed by atoms with E-state index in [9.17, 15) is 0 Å². The molecule has 0 N–H and O–H groups in total. The van der Waals surface area contributed by atoms with Gasteiger partial charge in [0.25, 0.3) is 0 Å². The predicted molar refractivity (Wildman–Crippen MR) is 254 cm³/mol. The van der Waals surface area contributed by atoms with Crippen LogP contribution >= 0.6 is 0 Å². The van der Waals surface area contributed by atoms with Crippen molar-refractivity contribution >= 4 is 43.7 Å². The lowest BCUT2D eigenvalue weighted by Crippen LogP contribution is -2.25. The minimum Gasteiger partial charge on any atom is -0.454 e. The lowest BCUT2D eigenvalue weighted by Gasteiger charge is -2.30. The molecule has 0 saturated carbocycles. The lowest BCUT2D eigenvalue weighted by molar-refractivity contribution is 0.666. The number of hydrogen-bond acceptors (Lipinski definition) is 4. The number of furan rings is 1. The number of benzene rings is 9. The van der Waals surface area contributed by atoms with Crippen LogP contribution in [0.4, 0.5) is 0 Å². The first-order valence-corrected chi connectivity index (χ1v) is 21.5. The van der Waals surface area contributed by atoms with Crippen LogP contribution in [0.5, 0.6) is 0 Å². The van der Waals surface area contributed by atoms with Gasteiger partial charge in [-0.3, -0.25) is 0 Å². The third-order valence-electron chi connectivity index (χ3n) is 13.5. The molecule has 3 heterocycles. The highest BCUT2D eigenvalue weighted by molar-refractivity contribution is 6.21. The molecule has 12 aromatic rings. The number of fused-ring (bicyclic) bond motifs is 17. The van der Waals surface area contributed by atoms with Gasteiger partial charge in [-0.1, -0.05) is 176 Å². The maximum absolute atomic E-state index is 7.01. The van der Waals surface area contributed by atoms with Crippen molar-refractivity contribution in [2.24, 2.45) is 0 Å². The van der Waals surface area contributed by atoms with Crippen LogP contribution in [0.3, 0.4) is 0 Å². The smallest absolute Gasteiger partial charge is 0.164 e. The number of para-hydroxylation sites is 2. The van der Waals surface area contributed by atoms with Gasteiger partial charge in [-0.15, -0.1) is 0 Å². The average Bonchev–Trinajstić information content (AvgIpc) is 4.08. The Balaban J connectivity index is 1.06. The fourth-order valence-corrected chi connectivity index (χ4v) is 11.0. The van der Waals surface area contributed by atoms with E-state index in [0.29, 0.717) is 17.5 Å². The molecule has 0 radical (unpaired) electrons. The Hall–Kier alpha value is -8.41. The normalized spacial score (nSPS) is 13.2. The van der Waals surface area contributed by atoms with E-state index in [0.717, 1.165) is 55.3 Å². The highest BCUT2D eigenvalue weighted by Crippen LogP contribution is 2.64. The summed E-state index contributed by atoms with van der Waals surface area (Å²) in [6, 6.07) is 73.5. The van der Waals surface area contributed by atoms with E-state index < -0.39 is 5.41 Å². The second-order valence-electron chi connectivity index (χ2n) is 16.6. The summed E-state index contributed by atoms with van der Waals surface area (Å²) in [6.45, 7) is 0. The molecule has 14 rings (SSSR count). The Bertz CT molecular complexity index is 3760. The molecular weight excluding hydrogens is 769 g/mol. The topological polar surface area (TPSA) is 56.7 Å². The van der Waals surface area contributed by atoms with Crippen molar-refractivity contribution in [2.45, 2.75) is 5.41 Å². The zero-order valence-corrected chi connectivity index (χ0v) is 33.8. The standard InChI is InChI=1S/C58H34N4O/c1-3-17-35(18-4-1)55-59-56(36-19-5-2-6-20-36)61-57(60-55)42-31-33-49(54-51(42)41-25-11-16-30-50(41)63-54)62-47-29-15-10-24-40(47)53-48(62)34-32-46-52(53)39-23-9-14-28-45(39)58(46)43-26-12-7-21-37(43)38-22-8-13-27-44(38)58/h1-34H. The monoisotopic (exact) mass is 802 g/mol. The first kappa shape index (κ1) is 34.3. The molecule has 0 aliphatic heterocycles. The molecule has 0 fully saturated rings. The maximum Gasteiger partial charge on any atom is 0.164 e. The Morgan fingerprint density at radius 3 is 1.59 bits per heavy atom. The molecule has 2 aliphatic rings. The molecule has 1 spiro atoms. The fraction of sp³-hybridized carbons (Fsp3) is 0.0172. The van der Waals surface area contributed by atoms with Gasteiger partial charge < -0.3 is 8.98 Å². The second-order valence-corrected chi connectivity index (χ2v) is 16.6. The van der Waals surface area contributed by atoms with Crippen molar-refractivity contribution in [1.29, 1.82) is 0 Å². The summed E-state index contributed by atoms with van der Waals surface area (Å²) in [5.74, 6) is 1.82. The van der Waals surface area contributed by atoms with Crippen molar-refractivity contribution in [3.8, 4) is 62.1 Å². The van der Waals surface area contributed by atoms with Gasteiger partial charge in [0.15, 0.2) is 23.1 Å². The number of hydrogen-bond donors (Lipinski definition) is 0. The third-order valence-corrected chi connectivity index (χ3v) is 13.5. The molecule has 63 heavy (non-hydrogen) atoms. The molecule has 5 nitrogen and oxygen atoms in total. The minimum absolute atomic E-state index is 0.439. The minimum atomic E-state index is -0.439. The molecular formula is C58H34N4O. The molecule has 0 unspecified atom stereocenters. The average molecular weight is 803 g/mol. The number of rotatable bonds is 4. The summed E-state index contributed by atoms with van der Waals surface area (Å²) < 4.78 is 9.41.